The highest BCUT2D eigenvalue weighted by Crippen LogP contribution is 2.19. The third kappa shape index (κ3) is 5.02. The van der Waals surface area contributed by atoms with Crippen LogP contribution in [0.3, 0.4) is 0 Å². The average Bonchev–Trinajstić information content (AvgIpc) is 3.16. The Morgan fingerprint density at radius 3 is 2.37 bits per heavy atom. The van der Waals surface area contributed by atoms with E-state index in [-0.39, 0.29) is 12.3 Å². The van der Waals surface area contributed by atoms with Gasteiger partial charge in [0.15, 0.2) is 5.82 Å². The molecule has 0 fully saturated rings. The van der Waals surface area contributed by atoms with E-state index >= 15 is 0 Å². The molecule has 7 nitrogen and oxygen atoms in total. The van der Waals surface area contributed by atoms with Crippen molar-refractivity contribution in [2.45, 2.75) is 12.5 Å². The number of carbonyl (C=O) groups is 2. The number of anilines is 1. The first-order chi connectivity index (χ1) is 13.2. The molecule has 3 rings (SSSR count). The second kappa shape index (κ2) is 8.77. The molecule has 1 aromatic heterocycles. The largest absolute Gasteiger partial charge is 0.394 e. The lowest BCUT2D eigenvalue weighted by molar-refractivity contribution is -0.126. The SMILES string of the molecule is O=C(Cc1ccccc1)N[C@@H](CO)C(=O)Nc1cc(-c2ccccc2)[nH]n1. The monoisotopic (exact) mass is 364 g/mol. The maximum Gasteiger partial charge on any atom is 0.250 e. The van der Waals surface area contributed by atoms with Gasteiger partial charge in [-0.1, -0.05) is 60.7 Å². The quantitative estimate of drug-likeness (QED) is 0.512. The summed E-state index contributed by atoms with van der Waals surface area (Å²) in [6.45, 7) is -0.512. The van der Waals surface area contributed by atoms with Gasteiger partial charge in [0.25, 0.3) is 5.91 Å². The van der Waals surface area contributed by atoms with Gasteiger partial charge >= 0.3 is 0 Å². The van der Waals surface area contributed by atoms with Crippen LogP contribution < -0.4 is 10.6 Å². The van der Waals surface area contributed by atoms with Crippen LogP contribution in [0.4, 0.5) is 5.82 Å². The molecule has 0 aliphatic rings. The molecule has 0 aliphatic carbocycles. The summed E-state index contributed by atoms with van der Waals surface area (Å²) in [5.74, 6) is -0.568. The number of hydrogen-bond donors (Lipinski definition) is 4. The lowest BCUT2D eigenvalue weighted by Crippen LogP contribution is -2.46. The number of hydrogen-bond acceptors (Lipinski definition) is 4. The Balaban J connectivity index is 1.59. The molecule has 0 spiro atoms. The Kier molecular flexibility index (Phi) is 5.96. The molecule has 4 N–H and O–H groups in total. The van der Waals surface area contributed by atoms with Crippen LogP contribution in [0.2, 0.25) is 0 Å². The molecule has 0 aliphatic heterocycles. The van der Waals surface area contributed by atoms with E-state index < -0.39 is 18.6 Å². The zero-order chi connectivity index (χ0) is 19.1. The number of H-pyrrole nitrogens is 1. The zero-order valence-electron chi connectivity index (χ0n) is 14.6. The van der Waals surface area contributed by atoms with Crippen LogP contribution >= 0.6 is 0 Å². The molecular weight excluding hydrogens is 344 g/mol. The summed E-state index contributed by atoms with van der Waals surface area (Å²) in [6, 6.07) is 19.3. The van der Waals surface area contributed by atoms with Gasteiger partial charge in [-0.05, 0) is 11.1 Å². The number of aliphatic hydroxyl groups is 1. The van der Waals surface area contributed by atoms with Crippen LogP contribution in [0.15, 0.2) is 66.7 Å². The van der Waals surface area contributed by atoms with Crippen LogP contribution in [0.25, 0.3) is 11.3 Å². The lowest BCUT2D eigenvalue weighted by Gasteiger charge is -2.15. The molecule has 0 saturated carbocycles. The molecule has 27 heavy (non-hydrogen) atoms. The highest BCUT2D eigenvalue weighted by atomic mass is 16.3. The highest BCUT2D eigenvalue weighted by Gasteiger charge is 2.21. The van der Waals surface area contributed by atoms with Gasteiger partial charge in [0.2, 0.25) is 5.91 Å². The van der Waals surface area contributed by atoms with Crippen molar-refractivity contribution in [3.05, 3.63) is 72.3 Å². The highest BCUT2D eigenvalue weighted by molar-refractivity contribution is 5.97. The zero-order valence-corrected chi connectivity index (χ0v) is 14.6. The number of benzene rings is 2. The third-order valence-electron chi connectivity index (χ3n) is 3.96. The lowest BCUT2D eigenvalue weighted by atomic mass is 10.1. The number of nitrogens with one attached hydrogen (secondary N) is 3. The van der Waals surface area contributed by atoms with Crippen LogP contribution in [0.5, 0.6) is 0 Å². The molecule has 1 heterocycles. The summed E-state index contributed by atoms with van der Waals surface area (Å²) >= 11 is 0. The van der Waals surface area contributed by atoms with Crippen molar-refractivity contribution in [1.29, 1.82) is 0 Å². The molecule has 0 bridgehead atoms. The Labute approximate surface area is 156 Å². The molecule has 138 valence electrons. The van der Waals surface area contributed by atoms with Gasteiger partial charge in [0, 0.05) is 6.07 Å². The minimum absolute atomic E-state index is 0.130. The van der Waals surface area contributed by atoms with Crippen molar-refractivity contribution in [2.24, 2.45) is 0 Å². The Morgan fingerprint density at radius 1 is 1.04 bits per heavy atom. The van der Waals surface area contributed by atoms with E-state index in [2.05, 4.69) is 20.8 Å². The van der Waals surface area contributed by atoms with Crippen LogP contribution in [0.1, 0.15) is 5.56 Å². The van der Waals surface area contributed by atoms with E-state index in [1.54, 1.807) is 6.07 Å². The van der Waals surface area contributed by atoms with E-state index in [4.69, 9.17) is 0 Å². The molecule has 1 atom stereocenters. The van der Waals surface area contributed by atoms with Crippen molar-refractivity contribution in [3.8, 4) is 11.3 Å². The molecule has 2 amide bonds. The molecule has 0 saturated heterocycles. The number of aromatic amines is 1. The van der Waals surface area contributed by atoms with Gasteiger partial charge in [0.05, 0.1) is 18.7 Å². The third-order valence-corrected chi connectivity index (χ3v) is 3.96. The van der Waals surface area contributed by atoms with Gasteiger partial charge in [-0.15, -0.1) is 0 Å². The molecule has 3 aromatic rings. The second-order valence-corrected chi connectivity index (χ2v) is 5.99. The van der Waals surface area contributed by atoms with Gasteiger partial charge in [-0.25, -0.2) is 0 Å². The number of aromatic nitrogens is 2. The maximum absolute atomic E-state index is 12.3. The first-order valence-corrected chi connectivity index (χ1v) is 8.51. The minimum atomic E-state index is -1.06. The Morgan fingerprint density at radius 2 is 1.70 bits per heavy atom. The maximum atomic E-state index is 12.3. The van der Waals surface area contributed by atoms with Crippen LogP contribution in [-0.4, -0.2) is 39.8 Å². The fraction of sp³-hybridized carbons (Fsp3) is 0.150. The Bertz CT molecular complexity index is 894. The summed E-state index contributed by atoms with van der Waals surface area (Å²) in [7, 11) is 0. The van der Waals surface area contributed by atoms with Gasteiger partial charge in [0.1, 0.15) is 6.04 Å². The predicted molar refractivity (Wildman–Crippen MR) is 102 cm³/mol. The number of amides is 2. The first kappa shape index (κ1) is 18.3. The van der Waals surface area contributed by atoms with Gasteiger partial charge < -0.3 is 15.7 Å². The smallest absolute Gasteiger partial charge is 0.250 e. The van der Waals surface area contributed by atoms with Crippen molar-refractivity contribution in [1.82, 2.24) is 15.5 Å². The molecule has 2 aromatic carbocycles. The second-order valence-electron chi connectivity index (χ2n) is 5.99. The van der Waals surface area contributed by atoms with Crippen LogP contribution in [0, 0.1) is 0 Å². The number of nitrogens with zero attached hydrogens (tertiary/aromatic N) is 1. The topological polar surface area (TPSA) is 107 Å². The van der Waals surface area contributed by atoms with E-state index in [1.807, 2.05) is 60.7 Å². The summed E-state index contributed by atoms with van der Waals surface area (Å²) in [5, 5.41) is 21.5. The fourth-order valence-corrected chi connectivity index (χ4v) is 2.59. The predicted octanol–water partition coefficient (Wildman–Crippen LogP) is 1.73. The van der Waals surface area contributed by atoms with Crippen molar-refractivity contribution >= 4 is 17.6 Å². The Hall–Kier alpha value is -3.45. The summed E-state index contributed by atoms with van der Waals surface area (Å²) < 4.78 is 0. The van der Waals surface area contributed by atoms with Crippen molar-refractivity contribution < 1.29 is 14.7 Å². The minimum Gasteiger partial charge on any atom is -0.394 e. The van der Waals surface area contributed by atoms with Crippen LogP contribution in [-0.2, 0) is 16.0 Å². The average molecular weight is 364 g/mol. The fourth-order valence-electron chi connectivity index (χ4n) is 2.59. The summed E-state index contributed by atoms with van der Waals surface area (Å²) in [5.41, 5.74) is 2.51. The van der Waals surface area contributed by atoms with Crippen molar-refractivity contribution in [2.75, 3.05) is 11.9 Å². The summed E-state index contributed by atoms with van der Waals surface area (Å²) in [4.78, 5) is 24.4. The van der Waals surface area contributed by atoms with E-state index in [0.717, 1.165) is 16.8 Å². The van der Waals surface area contributed by atoms with E-state index in [1.165, 1.54) is 0 Å². The molecule has 7 heteroatoms. The van der Waals surface area contributed by atoms with Gasteiger partial charge in [-0.3, -0.25) is 14.7 Å². The van der Waals surface area contributed by atoms with Crippen molar-refractivity contribution in [3.63, 3.8) is 0 Å². The molecule has 0 unspecified atom stereocenters. The number of rotatable bonds is 7. The number of carbonyl (C=O) groups excluding carboxylic acids is 2. The standard InChI is InChI=1S/C20H20N4O3/c25-13-17(21-19(26)11-14-7-3-1-4-8-14)20(27)22-18-12-16(23-24-18)15-9-5-2-6-10-15/h1-10,12,17,25H,11,13H2,(H,21,26)(H2,22,23,24,27)/t17-/m0/s1. The first-order valence-electron chi connectivity index (χ1n) is 8.51. The number of aliphatic hydroxyl groups excluding tert-OH is 1. The van der Waals surface area contributed by atoms with Gasteiger partial charge in [-0.2, -0.15) is 5.10 Å². The molecular formula is C20H20N4O3. The summed E-state index contributed by atoms with van der Waals surface area (Å²) in [6.07, 6.45) is 0.130. The molecule has 0 radical (unpaired) electrons. The normalized spacial score (nSPS) is 11.6. The van der Waals surface area contributed by atoms with E-state index in [0.29, 0.717) is 5.82 Å². The van der Waals surface area contributed by atoms with E-state index in [9.17, 15) is 14.7 Å².